The highest BCUT2D eigenvalue weighted by Crippen LogP contribution is 2.31. The van der Waals surface area contributed by atoms with Gasteiger partial charge in [-0.15, -0.1) is 0 Å². The quantitative estimate of drug-likeness (QED) is 0.214. The number of alkyl halides is 2. The first-order valence-electron chi connectivity index (χ1n) is 15.0. The molecule has 1 amide bonds. The highest BCUT2D eigenvalue weighted by Gasteiger charge is 2.27. The van der Waals surface area contributed by atoms with E-state index < -0.39 is 45.6 Å². The molecule has 1 saturated carbocycles. The Balaban J connectivity index is 1.47. The minimum absolute atomic E-state index is 0.0405. The second kappa shape index (κ2) is 13.4. The summed E-state index contributed by atoms with van der Waals surface area (Å²) in [4.78, 5) is 26.0. The van der Waals surface area contributed by atoms with Crippen molar-refractivity contribution >= 4 is 38.8 Å². The number of benzene rings is 1. The Morgan fingerprint density at radius 1 is 1.04 bits per heavy atom. The number of anilines is 2. The number of pyridine rings is 1. The Morgan fingerprint density at radius 3 is 2.31 bits per heavy atom. The minimum Gasteiger partial charge on any atom is -0.444 e. The van der Waals surface area contributed by atoms with Crippen LogP contribution in [0.3, 0.4) is 0 Å². The van der Waals surface area contributed by atoms with Crippen molar-refractivity contribution in [1.82, 2.24) is 20.3 Å². The van der Waals surface area contributed by atoms with E-state index in [9.17, 15) is 26.4 Å². The molecule has 1 aromatic carbocycles. The van der Waals surface area contributed by atoms with Gasteiger partial charge in [-0.1, -0.05) is 19.9 Å². The molecule has 4 rings (SSSR count). The van der Waals surface area contributed by atoms with Crippen LogP contribution in [0.4, 0.5) is 29.6 Å². The maximum absolute atomic E-state index is 15.0. The van der Waals surface area contributed by atoms with E-state index in [1.807, 2.05) is 45.4 Å². The topological polar surface area (TPSA) is 135 Å². The first-order chi connectivity index (χ1) is 20.9. The predicted molar refractivity (Wildman–Crippen MR) is 168 cm³/mol. The van der Waals surface area contributed by atoms with Crippen LogP contribution in [-0.4, -0.2) is 58.8 Å². The Bertz CT molecular complexity index is 1630. The zero-order chi connectivity index (χ0) is 33.2. The van der Waals surface area contributed by atoms with Gasteiger partial charge in [-0.05, 0) is 83.1 Å². The lowest BCUT2D eigenvalue weighted by Crippen LogP contribution is -2.42. The van der Waals surface area contributed by atoms with Gasteiger partial charge >= 0.3 is 6.09 Å². The van der Waals surface area contributed by atoms with Gasteiger partial charge in [-0.2, -0.15) is 0 Å². The summed E-state index contributed by atoms with van der Waals surface area (Å²) in [6.45, 7) is 10.1. The van der Waals surface area contributed by atoms with Gasteiger partial charge in [-0.25, -0.2) is 41.3 Å². The zero-order valence-corrected chi connectivity index (χ0v) is 27.2. The average Bonchev–Trinajstić information content (AvgIpc) is 2.92. The smallest absolute Gasteiger partial charge is 0.407 e. The molecule has 0 unspecified atom stereocenters. The number of nitrogens with one attached hydrogen (secondary N) is 3. The molecule has 0 aliphatic heterocycles. The average molecular weight is 651 g/mol. The fourth-order valence-corrected chi connectivity index (χ4v) is 6.26. The number of aromatic nitrogens is 3. The van der Waals surface area contributed by atoms with E-state index in [-0.39, 0.29) is 23.7 Å². The summed E-state index contributed by atoms with van der Waals surface area (Å²) in [7, 11) is -4.17. The van der Waals surface area contributed by atoms with Crippen LogP contribution in [-0.2, 0) is 14.8 Å². The monoisotopic (exact) mass is 650 g/mol. The summed E-state index contributed by atoms with van der Waals surface area (Å²) in [5.74, 6) is -4.36. The number of alkyl carbamates (subject to hydrolysis) is 1. The molecule has 3 aromatic rings. The summed E-state index contributed by atoms with van der Waals surface area (Å²) < 4.78 is 73.0. The lowest BCUT2D eigenvalue weighted by Gasteiger charge is -2.30. The fourth-order valence-electron chi connectivity index (χ4n) is 5.03. The van der Waals surface area contributed by atoms with Crippen LogP contribution in [0.5, 0.6) is 0 Å². The van der Waals surface area contributed by atoms with Crippen molar-refractivity contribution < 1.29 is 31.1 Å². The number of sulfonamides is 1. The van der Waals surface area contributed by atoms with E-state index in [0.29, 0.717) is 35.2 Å². The number of hydrogen-bond donors (Lipinski definition) is 3. The van der Waals surface area contributed by atoms with Crippen LogP contribution in [0.1, 0.15) is 85.1 Å². The highest BCUT2D eigenvalue weighted by atomic mass is 32.2. The van der Waals surface area contributed by atoms with Crippen LogP contribution in [0.15, 0.2) is 30.5 Å². The van der Waals surface area contributed by atoms with Gasteiger partial charge in [0.1, 0.15) is 16.9 Å². The highest BCUT2D eigenvalue weighted by molar-refractivity contribution is 7.92. The van der Waals surface area contributed by atoms with Gasteiger partial charge in [-0.3, -0.25) is 4.72 Å². The number of hydrogen-bond acceptors (Lipinski definition) is 8. The molecule has 1 aliphatic rings. The molecule has 2 aromatic heterocycles. The number of amides is 1. The Morgan fingerprint density at radius 2 is 1.71 bits per heavy atom. The second-order valence-corrected chi connectivity index (χ2v) is 14.8. The maximum Gasteiger partial charge on any atom is 0.407 e. The number of carbonyl (C=O) groups is 1. The van der Waals surface area contributed by atoms with Crippen molar-refractivity contribution in [2.45, 2.75) is 103 Å². The van der Waals surface area contributed by atoms with Crippen molar-refractivity contribution in [3.8, 4) is 11.3 Å². The van der Waals surface area contributed by atoms with Gasteiger partial charge in [0, 0.05) is 24.1 Å². The van der Waals surface area contributed by atoms with Gasteiger partial charge in [0.25, 0.3) is 0 Å². The molecular weight excluding hydrogens is 609 g/mol. The largest absolute Gasteiger partial charge is 0.444 e. The zero-order valence-electron chi connectivity index (χ0n) is 26.4. The molecule has 0 atom stereocenters. The molecule has 14 heteroatoms. The summed E-state index contributed by atoms with van der Waals surface area (Å²) in [5.41, 5.74) is 2.00. The molecule has 0 radical (unpaired) electrons. The molecular formula is C31H41F3N6O4S. The van der Waals surface area contributed by atoms with Crippen molar-refractivity contribution in [2.75, 3.05) is 15.8 Å². The number of fused-ring (bicyclic) bond motifs is 1. The Labute approximate surface area is 262 Å². The first-order valence-corrected chi connectivity index (χ1v) is 16.6. The van der Waals surface area contributed by atoms with E-state index in [2.05, 4.69) is 20.6 Å². The van der Waals surface area contributed by atoms with Gasteiger partial charge < -0.3 is 15.4 Å². The molecule has 0 saturated heterocycles. The van der Waals surface area contributed by atoms with E-state index in [4.69, 9.17) is 9.72 Å². The van der Waals surface area contributed by atoms with Crippen molar-refractivity contribution in [2.24, 2.45) is 0 Å². The van der Waals surface area contributed by atoms with Crippen LogP contribution >= 0.6 is 0 Å². The summed E-state index contributed by atoms with van der Waals surface area (Å²) in [6, 6.07) is 5.90. The predicted octanol–water partition coefficient (Wildman–Crippen LogP) is 6.99. The third kappa shape index (κ3) is 9.90. The molecule has 10 nitrogen and oxygen atoms in total. The van der Waals surface area contributed by atoms with Crippen molar-refractivity contribution in [3.63, 3.8) is 0 Å². The molecule has 0 bridgehead atoms. The molecule has 1 fully saturated rings. The van der Waals surface area contributed by atoms with Crippen molar-refractivity contribution in [3.05, 3.63) is 41.8 Å². The summed E-state index contributed by atoms with van der Waals surface area (Å²) in [5, 5.41) is 6.35. The summed E-state index contributed by atoms with van der Waals surface area (Å²) in [6.07, 6.45) is 3.53. The van der Waals surface area contributed by atoms with E-state index in [1.54, 1.807) is 6.20 Å². The Kier molecular flexibility index (Phi) is 10.1. The number of ether oxygens (including phenoxy) is 1. The molecule has 3 N–H and O–H groups in total. The van der Waals surface area contributed by atoms with Crippen LogP contribution in [0, 0.1) is 5.82 Å². The lowest BCUT2D eigenvalue weighted by molar-refractivity contribution is 0.0189. The first kappa shape index (κ1) is 34.2. The van der Waals surface area contributed by atoms with Crippen LogP contribution in [0.25, 0.3) is 22.3 Å². The van der Waals surface area contributed by atoms with Gasteiger partial charge in [0.2, 0.25) is 21.9 Å². The standard InChI is InChI=1S/C31H41F3N6O4S/c1-18(2)22-16-25(19-7-12-24(23(32)15-19)40-45(42,43)14-13-31(6,33)34)38-26-17-35-28(39-27(22)26)36-20-8-10-21(11-9-20)37-29(41)44-30(3,4)5/h7,12,15-18,20-21,40H,8-11,13-14H2,1-6H3,(H,37,41)(H,35,36,39). The van der Waals surface area contributed by atoms with E-state index in [0.717, 1.165) is 37.3 Å². The maximum atomic E-state index is 15.0. The SMILES string of the molecule is CC(C)c1cc(-c2ccc(NS(=O)(=O)CCC(C)(F)F)c(F)c2)nc2cnc(NC3CCC(NC(=O)OC(C)(C)C)CC3)nc12. The number of halogens is 3. The summed E-state index contributed by atoms with van der Waals surface area (Å²) >= 11 is 0. The fraction of sp³-hybridized carbons (Fsp3) is 0.548. The molecule has 1 aliphatic carbocycles. The number of nitrogens with zero attached hydrogens (tertiary/aromatic N) is 3. The number of carbonyl (C=O) groups excluding carboxylic acids is 1. The van der Waals surface area contributed by atoms with E-state index >= 15 is 0 Å². The van der Waals surface area contributed by atoms with Crippen LogP contribution in [0.2, 0.25) is 0 Å². The third-order valence-corrected chi connectivity index (χ3v) is 8.59. The third-order valence-electron chi connectivity index (χ3n) is 7.32. The van der Waals surface area contributed by atoms with Gasteiger partial charge in [0.15, 0.2) is 0 Å². The van der Waals surface area contributed by atoms with Gasteiger partial charge in [0.05, 0.1) is 28.8 Å². The molecule has 246 valence electrons. The minimum atomic E-state index is -4.17. The molecule has 0 spiro atoms. The van der Waals surface area contributed by atoms with Crippen LogP contribution < -0.4 is 15.4 Å². The molecule has 2 heterocycles. The van der Waals surface area contributed by atoms with Crippen molar-refractivity contribution in [1.29, 1.82) is 0 Å². The molecule has 45 heavy (non-hydrogen) atoms. The number of rotatable bonds is 10. The van der Waals surface area contributed by atoms with E-state index in [1.165, 1.54) is 12.1 Å². The second-order valence-electron chi connectivity index (χ2n) is 13.0. The Hall–Kier alpha value is -3.68. The lowest BCUT2D eigenvalue weighted by atomic mass is 9.91. The normalized spacial score (nSPS) is 17.7.